The highest BCUT2D eigenvalue weighted by molar-refractivity contribution is 6.01. The number of Topliss-reactive ketones (excluding diaryl/α,β-unsaturated/α-hetero) is 1. The molecule has 0 bridgehead atoms. The number of fused-ring (bicyclic) bond motifs is 2. The van der Waals surface area contributed by atoms with E-state index in [1.807, 2.05) is 52.0 Å². The van der Waals surface area contributed by atoms with Crippen LogP contribution in [0, 0.1) is 18.3 Å². The Hall–Kier alpha value is -2.99. The van der Waals surface area contributed by atoms with Crippen molar-refractivity contribution in [1.29, 1.82) is 0 Å². The molecule has 3 aromatic heterocycles. The molecule has 1 aromatic carbocycles. The highest BCUT2D eigenvalue weighted by Crippen LogP contribution is 2.31. The molecule has 0 fully saturated rings. The normalized spacial score (nSPS) is 13.3. The first-order chi connectivity index (χ1) is 13.8. The maximum absolute atomic E-state index is 12.8. The Morgan fingerprint density at radius 3 is 2.69 bits per heavy atom. The Kier molecular flexibility index (Phi) is 4.74. The number of carbonyl (C=O) groups is 1. The molecule has 0 unspecified atom stereocenters. The van der Waals surface area contributed by atoms with E-state index in [4.69, 9.17) is 0 Å². The van der Waals surface area contributed by atoms with Crippen molar-refractivity contribution in [3.8, 4) is 11.3 Å². The maximum atomic E-state index is 12.8. The summed E-state index contributed by atoms with van der Waals surface area (Å²) in [5, 5.41) is 10.7. The van der Waals surface area contributed by atoms with E-state index in [0.717, 1.165) is 33.5 Å². The van der Waals surface area contributed by atoms with Gasteiger partial charge in [0.1, 0.15) is 5.82 Å². The van der Waals surface area contributed by atoms with Crippen LogP contribution in [0.5, 0.6) is 0 Å². The largest absolute Gasteiger partial charge is 0.396 e. The minimum atomic E-state index is -0.122. The summed E-state index contributed by atoms with van der Waals surface area (Å²) in [6.45, 7) is 8.06. The predicted molar refractivity (Wildman–Crippen MR) is 115 cm³/mol. The molecule has 0 amide bonds. The number of nitrogens with zero attached hydrogens (tertiary/aromatic N) is 2. The molecule has 0 aliphatic heterocycles. The zero-order chi connectivity index (χ0) is 20.8. The number of aromatic nitrogens is 4. The van der Waals surface area contributed by atoms with Crippen LogP contribution in [0.2, 0.25) is 0 Å². The van der Waals surface area contributed by atoms with Crippen molar-refractivity contribution in [2.75, 3.05) is 6.61 Å². The zero-order valence-electron chi connectivity index (χ0n) is 17.2. The number of imidazole rings is 1. The summed E-state index contributed by atoms with van der Waals surface area (Å²) >= 11 is 0. The molecule has 1 atom stereocenters. The number of H-pyrrole nitrogens is 2. The molecule has 4 rings (SSSR count). The third-order valence-corrected chi connectivity index (χ3v) is 5.62. The van der Waals surface area contributed by atoms with Crippen LogP contribution in [0.3, 0.4) is 0 Å². The van der Waals surface area contributed by atoms with Crippen LogP contribution in [-0.2, 0) is 0 Å². The zero-order valence-corrected chi connectivity index (χ0v) is 17.2. The van der Waals surface area contributed by atoms with Gasteiger partial charge in [-0.15, -0.1) is 0 Å². The lowest BCUT2D eigenvalue weighted by molar-refractivity contribution is 0.0818. The first-order valence-electron chi connectivity index (χ1n) is 9.85. The molecule has 0 radical (unpaired) electrons. The van der Waals surface area contributed by atoms with Gasteiger partial charge in [-0.25, -0.2) is 9.97 Å². The molecule has 3 N–H and O–H groups in total. The second kappa shape index (κ2) is 7.12. The maximum Gasteiger partial charge on any atom is 0.178 e. The van der Waals surface area contributed by atoms with Gasteiger partial charge in [0, 0.05) is 46.9 Å². The van der Waals surface area contributed by atoms with Crippen LogP contribution in [0.1, 0.15) is 43.4 Å². The Bertz CT molecular complexity index is 1200. The number of ketones is 1. The number of rotatable bonds is 5. The fourth-order valence-electron chi connectivity index (χ4n) is 3.68. The van der Waals surface area contributed by atoms with Crippen LogP contribution < -0.4 is 0 Å². The third-order valence-electron chi connectivity index (χ3n) is 5.62. The van der Waals surface area contributed by atoms with Gasteiger partial charge in [-0.05, 0) is 36.5 Å². The van der Waals surface area contributed by atoms with Crippen molar-refractivity contribution in [2.45, 2.75) is 34.1 Å². The average Bonchev–Trinajstić information content (AvgIpc) is 3.26. The van der Waals surface area contributed by atoms with Crippen molar-refractivity contribution in [3.05, 3.63) is 47.9 Å². The van der Waals surface area contributed by atoms with E-state index in [2.05, 4.69) is 26.0 Å². The summed E-state index contributed by atoms with van der Waals surface area (Å²) < 4.78 is 0. The van der Waals surface area contributed by atoms with Crippen LogP contribution >= 0.6 is 0 Å². The lowest BCUT2D eigenvalue weighted by atomic mass is 9.78. The Balaban J connectivity index is 1.68. The van der Waals surface area contributed by atoms with Crippen molar-refractivity contribution < 1.29 is 9.90 Å². The predicted octanol–water partition coefficient (Wildman–Crippen LogP) is 4.64. The van der Waals surface area contributed by atoms with Gasteiger partial charge in [0.25, 0.3) is 0 Å². The highest BCUT2D eigenvalue weighted by atomic mass is 16.3. The van der Waals surface area contributed by atoms with Crippen LogP contribution in [0.25, 0.3) is 33.3 Å². The number of pyridine rings is 1. The summed E-state index contributed by atoms with van der Waals surface area (Å²) in [4.78, 5) is 28.2. The van der Waals surface area contributed by atoms with E-state index < -0.39 is 0 Å². The van der Waals surface area contributed by atoms with Crippen molar-refractivity contribution >= 4 is 27.9 Å². The molecule has 0 saturated carbocycles. The monoisotopic (exact) mass is 390 g/mol. The van der Waals surface area contributed by atoms with E-state index >= 15 is 0 Å². The van der Waals surface area contributed by atoms with Gasteiger partial charge in [0.05, 0.1) is 5.52 Å². The lowest BCUT2D eigenvalue weighted by Gasteiger charge is -2.28. The molecular formula is C23H26N4O2. The van der Waals surface area contributed by atoms with Gasteiger partial charge in [-0.1, -0.05) is 32.9 Å². The summed E-state index contributed by atoms with van der Waals surface area (Å²) in [6, 6.07) is 9.74. The number of benzene rings is 1. The molecular weight excluding hydrogens is 364 g/mol. The molecule has 4 aromatic rings. The number of aliphatic hydroxyl groups is 1. The van der Waals surface area contributed by atoms with E-state index in [9.17, 15) is 9.90 Å². The summed E-state index contributed by atoms with van der Waals surface area (Å²) in [6.07, 6.45) is 2.08. The van der Waals surface area contributed by atoms with Crippen molar-refractivity contribution in [1.82, 2.24) is 19.9 Å². The first-order valence-corrected chi connectivity index (χ1v) is 9.85. The Morgan fingerprint density at radius 1 is 1.17 bits per heavy atom. The minimum Gasteiger partial charge on any atom is -0.396 e. The second-order valence-corrected chi connectivity index (χ2v) is 8.74. The van der Waals surface area contributed by atoms with Gasteiger partial charge < -0.3 is 15.1 Å². The van der Waals surface area contributed by atoms with Gasteiger partial charge in [-0.2, -0.15) is 0 Å². The molecule has 6 nitrogen and oxygen atoms in total. The van der Waals surface area contributed by atoms with Crippen molar-refractivity contribution in [2.24, 2.45) is 11.3 Å². The number of aromatic amines is 2. The van der Waals surface area contributed by atoms with Gasteiger partial charge in [0.2, 0.25) is 0 Å². The fourth-order valence-corrected chi connectivity index (χ4v) is 3.68. The van der Waals surface area contributed by atoms with Crippen LogP contribution in [-0.4, -0.2) is 37.4 Å². The number of hydrogen-bond acceptors (Lipinski definition) is 4. The molecule has 0 saturated heterocycles. The smallest absolute Gasteiger partial charge is 0.178 e. The van der Waals surface area contributed by atoms with Gasteiger partial charge in [0.15, 0.2) is 11.4 Å². The molecule has 29 heavy (non-hydrogen) atoms. The minimum absolute atomic E-state index is 0.00573. The second-order valence-electron chi connectivity index (χ2n) is 8.74. The summed E-state index contributed by atoms with van der Waals surface area (Å²) in [5.41, 5.74) is 4.96. The molecule has 0 aliphatic carbocycles. The van der Waals surface area contributed by atoms with Crippen LogP contribution in [0.15, 0.2) is 36.5 Å². The lowest BCUT2D eigenvalue weighted by Crippen LogP contribution is -2.26. The number of aryl methyl sites for hydroxylation is 1. The van der Waals surface area contributed by atoms with Gasteiger partial charge in [-0.3, -0.25) is 4.79 Å². The number of carbonyl (C=O) groups excluding carboxylic acids is 1. The highest BCUT2D eigenvalue weighted by Gasteiger charge is 2.26. The Morgan fingerprint density at radius 2 is 1.97 bits per heavy atom. The van der Waals surface area contributed by atoms with E-state index in [-0.39, 0.29) is 23.7 Å². The quantitative estimate of drug-likeness (QED) is 0.433. The third kappa shape index (κ3) is 3.68. The fraction of sp³-hybridized carbons (Fsp3) is 0.348. The molecule has 3 heterocycles. The van der Waals surface area contributed by atoms with E-state index in [1.165, 1.54) is 0 Å². The number of aliphatic hydroxyl groups excluding tert-OH is 1. The van der Waals surface area contributed by atoms with Crippen LogP contribution in [0.4, 0.5) is 0 Å². The molecule has 150 valence electrons. The van der Waals surface area contributed by atoms with E-state index in [0.29, 0.717) is 17.6 Å². The number of hydrogen-bond donors (Lipinski definition) is 3. The topological polar surface area (TPSA) is 94.7 Å². The Labute approximate surface area is 169 Å². The molecule has 6 heteroatoms. The molecule has 0 spiro atoms. The number of nitrogens with one attached hydrogen (secondary N) is 2. The standard InChI is InChI=1S/C23H26N4O2/c1-13-25-21-17(7-8-24-22(21)26-13)19-9-14-5-6-15(10-18(14)27-19)20(29)11-16(12-28)23(2,3)4/h5-10,16,27-28H,11-12H2,1-4H3,(H,24,25,26)/t16-/m1/s1. The SMILES string of the molecule is Cc1nc2nccc(-c3cc4ccc(C(=O)C[C@H](CO)C(C)(C)C)cc4[nH]3)c2[nH]1. The average molecular weight is 390 g/mol. The molecule has 0 aliphatic rings. The summed E-state index contributed by atoms with van der Waals surface area (Å²) in [5.74, 6) is 0.798. The van der Waals surface area contributed by atoms with Crippen molar-refractivity contribution in [3.63, 3.8) is 0 Å². The first kappa shape index (κ1) is 19.3. The van der Waals surface area contributed by atoms with Gasteiger partial charge >= 0.3 is 0 Å². The van der Waals surface area contributed by atoms with E-state index in [1.54, 1.807) is 6.20 Å². The summed E-state index contributed by atoms with van der Waals surface area (Å²) in [7, 11) is 0.